The number of H-pyrrole nitrogens is 1. The molecular formula is C21H31N5O2. The highest BCUT2D eigenvalue weighted by Crippen LogP contribution is 2.23. The van der Waals surface area contributed by atoms with E-state index in [-0.39, 0.29) is 11.5 Å². The molecule has 1 N–H and O–H groups in total. The molecule has 0 saturated carbocycles. The second-order valence-corrected chi connectivity index (χ2v) is 8.49. The Kier molecular flexibility index (Phi) is 5.27. The van der Waals surface area contributed by atoms with Crippen molar-refractivity contribution < 1.29 is 4.79 Å². The van der Waals surface area contributed by atoms with Crippen LogP contribution in [-0.4, -0.2) is 63.2 Å². The van der Waals surface area contributed by atoms with Gasteiger partial charge in [0, 0.05) is 44.1 Å². The molecule has 4 rings (SSSR count). The van der Waals surface area contributed by atoms with Crippen molar-refractivity contribution in [1.29, 1.82) is 0 Å². The van der Waals surface area contributed by atoms with Crippen molar-refractivity contribution in [2.24, 2.45) is 13.0 Å². The van der Waals surface area contributed by atoms with Crippen LogP contribution in [0.2, 0.25) is 0 Å². The maximum absolute atomic E-state index is 12.7. The number of nitrogens with one attached hydrogen (secondary N) is 1. The lowest BCUT2D eigenvalue weighted by molar-refractivity contribution is -0.130. The highest BCUT2D eigenvalue weighted by atomic mass is 16.2. The molecule has 0 aliphatic carbocycles. The minimum atomic E-state index is -0.103. The van der Waals surface area contributed by atoms with Crippen LogP contribution in [0.3, 0.4) is 0 Å². The number of aromatic nitrogens is 3. The predicted octanol–water partition coefficient (Wildman–Crippen LogP) is 1.76. The SMILES string of the molecule is Cc1nn(C)c2[nH]c(=O)c(CCC(=O)N3CCC(CN4CCCC4)C3)c(C)c12. The van der Waals surface area contributed by atoms with Crippen molar-refractivity contribution in [3.8, 4) is 0 Å². The highest BCUT2D eigenvalue weighted by molar-refractivity contribution is 5.83. The van der Waals surface area contributed by atoms with Crippen LogP contribution >= 0.6 is 0 Å². The van der Waals surface area contributed by atoms with Gasteiger partial charge in [0.05, 0.1) is 5.69 Å². The van der Waals surface area contributed by atoms with E-state index < -0.39 is 0 Å². The van der Waals surface area contributed by atoms with E-state index in [0.29, 0.717) is 24.3 Å². The van der Waals surface area contributed by atoms with Crippen LogP contribution < -0.4 is 5.56 Å². The fourth-order valence-electron chi connectivity index (χ4n) is 4.98. The zero-order chi connectivity index (χ0) is 19.8. The summed E-state index contributed by atoms with van der Waals surface area (Å²) in [6.07, 6.45) is 4.60. The van der Waals surface area contributed by atoms with Crippen molar-refractivity contribution in [3.05, 3.63) is 27.2 Å². The van der Waals surface area contributed by atoms with Crippen LogP contribution in [-0.2, 0) is 18.3 Å². The lowest BCUT2D eigenvalue weighted by Crippen LogP contribution is -2.32. The molecule has 0 aromatic carbocycles. The lowest BCUT2D eigenvalue weighted by Gasteiger charge is -2.20. The molecule has 2 aromatic rings. The van der Waals surface area contributed by atoms with E-state index in [9.17, 15) is 9.59 Å². The summed E-state index contributed by atoms with van der Waals surface area (Å²) in [5.41, 5.74) is 3.21. The average Bonchev–Trinajstić information content (AvgIpc) is 3.37. The summed E-state index contributed by atoms with van der Waals surface area (Å²) in [5, 5.41) is 5.41. The number of fused-ring (bicyclic) bond motifs is 1. The molecule has 0 radical (unpaired) electrons. The summed E-state index contributed by atoms with van der Waals surface area (Å²) in [7, 11) is 1.83. The molecule has 0 bridgehead atoms. The number of likely N-dealkylation sites (tertiary alicyclic amines) is 2. The molecule has 1 unspecified atom stereocenters. The Morgan fingerprint density at radius 3 is 2.71 bits per heavy atom. The molecule has 2 fully saturated rings. The Bertz CT molecular complexity index is 938. The second-order valence-electron chi connectivity index (χ2n) is 8.49. The molecule has 2 saturated heterocycles. The van der Waals surface area contributed by atoms with Crippen molar-refractivity contribution in [2.45, 2.75) is 46.0 Å². The Hall–Kier alpha value is -2.15. The van der Waals surface area contributed by atoms with E-state index in [0.717, 1.165) is 48.3 Å². The van der Waals surface area contributed by atoms with Gasteiger partial charge in [-0.2, -0.15) is 5.10 Å². The molecule has 2 aliphatic heterocycles. The van der Waals surface area contributed by atoms with Gasteiger partial charge in [-0.05, 0) is 64.1 Å². The monoisotopic (exact) mass is 385 g/mol. The molecule has 4 heterocycles. The summed E-state index contributed by atoms with van der Waals surface area (Å²) in [5.74, 6) is 0.771. The third-order valence-corrected chi connectivity index (χ3v) is 6.50. The van der Waals surface area contributed by atoms with Crippen molar-refractivity contribution in [1.82, 2.24) is 24.6 Å². The van der Waals surface area contributed by atoms with Crippen LogP contribution in [0.4, 0.5) is 0 Å². The average molecular weight is 386 g/mol. The molecule has 0 spiro atoms. The van der Waals surface area contributed by atoms with Gasteiger partial charge in [0.2, 0.25) is 5.91 Å². The third kappa shape index (κ3) is 3.60. The third-order valence-electron chi connectivity index (χ3n) is 6.50. The molecular weight excluding hydrogens is 354 g/mol. The Morgan fingerprint density at radius 1 is 1.21 bits per heavy atom. The van der Waals surface area contributed by atoms with Crippen LogP contribution in [0.5, 0.6) is 0 Å². The van der Waals surface area contributed by atoms with Gasteiger partial charge < -0.3 is 14.8 Å². The van der Waals surface area contributed by atoms with Gasteiger partial charge in [0.25, 0.3) is 5.56 Å². The van der Waals surface area contributed by atoms with E-state index in [4.69, 9.17) is 0 Å². The van der Waals surface area contributed by atoms with Gasteiger partial charge in [-0.3, -0.25) is 14.3 Å². The first-order chi connectivity index (χ1) is 13.4. The van der Waals surface area contributed by atoms with Gasteiger partial charge in [0.1, 0.15) is 5.65 Å². The quantitative estimate of drug-likeness (QED) is 0.851. The van der Waals surface area contributed by atoms with Crippen molar-refractivity contribution in [2.75, 3.05) is 32.7 Å². The summed E-state index contributed by atoms with van der Waals surface area (Å²) < 4.78 is 1.71. The Morgan fingerprint density at radius 2 is 1.96 bits per heavy atom. The van der Waals surface area contributed by atoms with E-state index in [1.54, 1.807) is 4.68 Å². The fraction of sp³-hybridized carbons (Fsp3) is 0.667. The topological polar surface area (TPSA) is 74.2 Å². The van der Waals surface area contributed by atoms with Crippen LogP contribution in [0, 0.1) is 19.8 Å². The maximum atomic E-state index is 12.7. The zero-order valence-electron chi connectivity index (χ0n) is 17.3. The normalized spacial score (nSPS) is 20.5. The first kappa shape index (κ1) is 19.2. The van der Waals surface area contributed by atoms with E-state index in [2.05, 4.69) is 15.0 Å². The maximum Gasteiger partial charge on any atom is 0.253 e. The number of pyridine rings is 1. The van der Waals surface area contributed by atoms with Gasteiger partial charge in [0.15, 0.2) is 0 Å². The summed E-state index contributed by atoms with van der Waals surface area (Å²) in [6, 6.07) is 0. The number of amides is 1. The standard InChI is InChI=1S/C21H31N5O2/c1-14-17(21(28)22-20-19(14)15(2)23-24(20)3)6-7-18(27)26-11-8-16(13-26)12-25-9-4-5-10-25/h16H,4-13H2,1-3H3,(H,22,28). The highest BCUT2D eigenvalue weighted by Gasteiger charge is 2.28. The molecule has 28 heavy (non-hydrogen) atoms. The van der Waals surface area contributed by atoms with Crippen molar-refractivity contribution in [3.63, 3.8) is 0 Å². The van der Waals surface area contributed by atoms with Crippen LogP contribution in [0.15, 0.2) is 4.79 Å². The number of carbonyl (C=O) groups excluding carboxylic acids is 1. The van der Waals surface area contributed by atoms with Gasteiger partial charge in [-0.1, -0.05) is 0 Å². The van der Waals surface area contributed by atoms with E-state index >= 15 is 0 Å². The van der Waals surface area contributed by atoms with Crippen molar-refractivity contribution >= 4 is 16.9 Å². The number of aryl methyl sites for hydroxylation is 3. The first-order valence-corrected chi connectivity index (χ1v) is 10.5. The molecule has 2 aromatic heterocycles. The predicted molar refractivity (Wildman–Crippen MR) is 109 cm³/mol. The summed E-state index contributed by atoms with van der Waals surface area (Å²) in [6.45, 7) is 9.19. The lowest BCUT2D eigenvalue weighted by atomic mass is 10.0. The summed E-state index contributed by atoms with van der Waals surface area (Å²) >= 11 is 0. The smallest absolute Gasteiger partial charge is 0.253 e. The molecule has 1 atom stereocenters. The van der Waals surface area contributed by atoms with E-state index in [1.807, 2.05) is 25.8 Å². The molecule has 152 valence electrons. The molecule has 2 aliphatic rings. The zero-order valence-corrected chi connectivity index (χ0v) is 17.3. The molecule has 7 heteroatoms. The Labute approximate surface area is 165 Å². The minimum Gasteiger partial charge on any atom is -0.342 e. The minimum absolute atomic E-state index is 0.103. The number of aromatic amines is 1. The number of carbonyl (C=O) groups is 1. The molecule has 7 nitrogen and oxygen atoms in total. The van der Waals surface area contributed by atoms with Gasteiger partial charge in [-0.15, -0.1) is 0 Å². The van der Waals surface area contributed by atoms with Gasteiger partial charge >= 0.3 is 0 Å². The van der Waals surface area contributed by atoms with Gasteiger partial charge in [-0.25, -0.2) is 0 Å². The van der Waals surface area contributed by atoms with E-state index in [1.165, 1.54) is 25.9 Å². The summed E-state index contributed by atoms with van der Waals surface area (Å²) in [4.78, 5) is 32.8. The first-order valence-electron chi connectivity index (χ1n) is 10.5. The number of hydrogen-bond donors (Lipinski definition) is 1. The fourth-order valence-corrected chi connectivity index (χ4v) is 4.98. The number of nitrogens with zero attached hydrogens (tertiary/aromatic N) is 4. The van der Waals surface area contributed by atoms with Crippen LogP contribution in [0.25, 0.3) is 11.0 Å². The number of hydrogen-bond acceptors (Lipinski definition) is 4. The largest absolute Gasteiger partial charge is 0.342 e. The second kappa shape index (κ2) is 7.70. The molecule has 1 amide bonds. The Balaban J connectivity index is 1.40. The number of rotatable bonds is 5. The van der Waals surface area contributed by atoms with Crippen LogP contribution in [0.1, 0.15) is 42.5 Å².